The molecule has 0 fully saturated rings. The zero-order valence-electron chi connectivity index (χ0n) is 8.66. The van der Waals surface area contributed by atoms with E-state index in [1.54, 1.807) is 6.92 Å². The van der Waals surface area contributed by atoms with Crippen LogP contribution >= 0.6 is 0 Å². The van der Waals surface area contributed by atoms with E-state index in [4.69, 9.17) is 0 Å². The number of hydrogen-bond donors (Lipinski definition) is 1. The molecule has 0 bridgehead atoms. The Bertz CT molecular complexity index is 336. The summed E-state index contributed by atoms with van der Waals surface area (Å²) in [5.74, 6) is -1.25. The third-order valence-corrected chi connectivity index (χ3v) is 1.43. The molecule has 0 saturated carbocycles. The van der Waals surface area contributed by atoms with Crippen molar-refractivity contribution in [2.75, 3.05) is 11.9 Å². The lowest BCUT2D eigenvalue weighted by atomic mass is 10.6. The van der Waals surface area contributed by atoms with Crippen LogP contribution in [0.1, 0.15) is 6.92 Å². The minimum Gasteiger partial charge on any atom is -0.417 e. The summed E-state index contributed by atoms with van der Waals surface area (Å²) in [6.07, 6.45) is 0. The molecule has 0 radical (unpaired) electrons. The number of aromatic nitrogens is 2. The van der Waals surface area contributed by atoms with Gasteiger partial charge < -0.3 is 14.8 Å². The van der Waals surface area contributed by atoms with Gasteiger partial charge >= 0.3 is 13.2 Å². The van der Waals surface area contributed by atoms with E-state index in [-0.39, 0.29) is 5.95 Å². The predicted molar refractivity (Wildman–Crippen MR) is 49.5 cm³/mol. The summed E-state index contributed by atoms with van der Waals surface area (Å²) in [6, 6.07) is 0.749. The van der Waals surface area contributed by atoms with Crippen molar-refractivity contribution in [1.29, 1.82) is 0 Å². The van der Waals surface area contributed by atoms with Crippen LogP contribution in [-0.2, 0) is 0 Å². The first kappa shape index (κ1) is 13.3. The van der Waals surface area contributed by atoms with Crippen molar-refractivity contribution < 1.29 is 27.0 Å². The van der Waals surface area contributed by atoms with Gasteiger partial charge in [0, 0.05) is 6.54 Å². The van der Waals surface area contributed by atoms with E-state index in [1.807, 2.05) is 0 Å². The Labute approximate surface area is 93.8 Å². The third-order valence-electron chi connectivity index (χ3n) is 1.43. The molecule has 1 aromatic heterocycles. The molecule has 0 aliphatic carbocycles. The SMILES string of the molecule is CCNc1nc(OC(F)F)cc(OC(F)F)n1. The Morgan fingerprint density at radius 1 is 1.12 bits per heavy atom. The van der Waals surface area contributed by atoms with Crippen LogP contribution in [-0.4, -0.2) is 29.7 Å². The molecule has 1 heterocycles. The van der Waals surface area contributed by atoms with Gasteiger partial charge in [-0.2, -0.15) is 27.5 Å². The third kappa shape index (κ3) is 4.70. The summed E-state index contributed by atoms with van der Waals surface area (Å²) in [4.78, 5) is 7.04. The summed E-state index contributed by atoms with van der Waals surface area (Å²) in [5.41, 5.74) is 0. The number of rotatable bonds is 6. The van der Waals surface area contributed by atoms with E-state index in [2.05, 4.69) is 24.8 Å². The molecule has 0 amide bonds. The maximum absolute atomic E-state index is 11.9. The molecule has 0 saturated heterocycles. The molecular weight excluding hydrogens is 246 g/mol. The predicted octanol–water partition coefficient (Wildman–Crippen LogP) is 2.11. The van der Waals surface area contributed by atoms with Gasteiger partial charge in [0.2, 0.25) is 17.7 Å². The Morgan fingerprint density at radius 2 is 1.59 bits per heavy atom. The molecule has 96 valence electrons. The molecule has 0 unspecified atom stereocenters. The maximum Gasteiger partial charge on any atom is 0.388 e. The topological polar surface area (TPSA) is 56.3 Å². The van der Waals surface area contributed by atoms with Gasteiger partial charge in [-0.15, -0.1) is 0 Å². The van der Waals surface area contributed by atoms with Crippen LogP contribution in [0.5, 0.6) is 11.8 Å². The van der Waals surface area contributed by atoms with Gasteiger partial charge in [0.25, 0.3) is 0 Å². The van der Waals surface area contributed by atoms with E-state index < -0.39 is 25.0 Å². The molecular formula is C8H9F4N3O2. The molecule has 17 heavy (non-hydrogen) atoms. The van der Waals surface area contributed by atoms with Crippen LogP contribution < -0.4 is 14.8 Å². The second-order valence-electron chi connectivity index (χ2n) is 2.66. The van der Waals surface area contributed by atoms with Crippen LogP contribution in [0, 0.1) is 0 Å². The van der Waals surface area contributed by atoms with Crippen LogP contribution in [0.4, 0.5) is 23.5 Å². The summed E-state index contributed by atoms with van der Waals surface area (Å²) < 4.78 is 55.7. The second-order valence-corrected chi connectivity index (χ2v) is 2.66. The number of ether oxygens (including phenoxy) is 2. The van der Waals surface area contributed by atoms with Gasteiger partial charge in [-0.1, -0.05) is 0 Å². The van der Waals surface area contributed by atoms with Crippen LogP contribution in [0.25, 0.3) is 0 Å². The molecule has 1 rings (SSSR count). The minimum absolute atomic E-state index is 0.138. The Kier molecular flexibility index (Phi) is 4.73. The lowest BCUT2D eigenvalue weighted by Crippen LogP contribution is -2.10. The van der Waals surface area contributed by atoms with E-state index in [1.165, 1.54) is 0 Å². The van der Waals surface area contributed by atoms with Crippen molar-refractivity contribution in [3.63, 3.8) is 0 Å². The summed E-state index contributed by atoms with van der Waals surface area (Å²) >= 11 is 0. The van der Waals surface area contributed by atoms with Gasteiger partial charge in [-0.25, -0.2) is 0 Å². The number of anilines is 1. The molecule has 0 aromatic carbocycles. The van der Waals surface area contributed by atoms with Crippen LogP contribution in [0.15, 0.2) is 6.07 Å². The zero-order chi connectivity index (χ0) is 12.8. The number of nitrogens with zero attached hydrogens (tertiary/aromatic N) is 2. The van der Waals surface area contributed by atoms with Gasteiger partial charge in [0.1, 0.15) is 0 Å². The Hall–Kier alpha value is -1.80. The molecule has 0 aliphatic heterocycles. The van der Waals surface area contributed by atoms with Gasteiger partial charge in [-0.3, -0.25) is 0 Å². The van der Waals surface area contributed by atoms with Gasteiger partial charge in [0.05, 0.1) is 6.07 Å². The summed E-state index contributed by atoms with van der Waals surface area (Å²) in [5, 5.41) is 2.56. The number of nitrogens with one attached hydrogen (secondary N) is 1. The first-order chi connectivity index (χ1) is 8.01. The fourth-order valence-electron chi connectivity index (χ4n) is 0.944. The smallest absolute Gasteiger partial charge is 0.388 e. The van der Waals surface area contributed by atoms with Crippen LogP contribution in [0.3, 0.4) is 0 Å². The first-order valence-corrected chi connectivity index (χ1v) is 4.53. The van der Waals surface area contributed by atoms with Crippen molar-refractivity contribution in [2.45, 2.75) is 20.1 Å². The minimum atomic E-state index is -3.11. The highest BCUT2D eigenvalue weighted by Gasteiger charge is 2.13. The molecule has 1 N–H and O–H groups in total. The van der Waals surface area contributed by atoms with Crippen molar-refractivity contribution in [3.8, 4) is 11.8 Å². The standard InChI is InChI=1S/C8H9F4N3O2/c1-2-13-8-14-4(16-6(9)10)3-5(15-8)17-7(11)12/h3,6-7H,2H2,1H3,(H,13,14,15). The summed E-state index contributed by atoms with van der Waals surface area (Å²) in [6.45, 7) is -4.15. The average molecular weight is 255 g/mol. The number of hydrogen-bond acceptors (Lipinski definition) is 5. The number of halogens is 4. The van der Waals surface area contributed by atoms with Crippen molar-refractivity contribution in [1.82, 2.24) is 9.97 Å². The summed E-state index contributed by atoms with van der Waals surface area (Å²) in [7, 11) is 0. The average Bonchev–Trinajstić information content (AvgIpc) is 2.14. The Morgan fingerprint density at radius 3 is 1.94 bits per heavy atom. The molecule has 0 spiro atoms. The highest BCUT2D eigenvalue weighted by molar-refractivity contribution is 5.33. The van der Waals surface area contributed by atoms with Crippen molar-refractivity contribution in [3.05, 3.63) is 6.07 Å². The molecule has 0 aliphatic rings. The van der Waals surface area contributed by atoms with E-state index in [0.717, 1.165) is 6.07 Å². The molecule has 0 atom stereocenters. The van der Waals surface area contributed by atoms with Crippen LogP contribution in [0.2, 0.25) is 0 Å². The Balaban J connectivity index is 2.91. The second kappa shape index (κ2) is 6.06. The molecule has 9 heteroatoms. The van der Waals surface area contributed by atoms with Gasteiger partial charge in [0.15, 0.2) is 0 Å². The highest BCUT2D eigenvalue weighted by atomic mass is 19.3. The first-order valence-electron chi connectivity index (χ1n) is 4.53. The molecule has 1 aromatic rings. The zero-order valence-corrected chi connectivity index (χ0v) is 8.66. The lowest BCUT2D eigenvalue weighted by Gasteiger charge is -2.09. The maximum atomic E-state index is 11.9. The van der Waals surface area contributed by atoms with Crippen molar-refractivity contribution in [2.24, 2.45) is 0 Å². The largest absolute Gasteiger partial charge is 0.417 e. The normalized spacial score (nSPS) is 10.8. The highest BCUT2D eigenvalue weighted by Crippen LogP contribution is 2.21. The molecule has 5 nitrogen and oxygen atoms in total. The monoisotopic (exact) mass is 255 g/mol. The fraction of sp³-hybridized carbons (Fsp3) is 0.500. The van der Waals surface area contributed by atoms with Gasteiger partial charge in [-0.05, 0) is 6.92 Å². The number of alkyl halides is 4. The van der Waals surface area contributed by atoms with E-state index >= 15 is 0 Å². The van der Waals surface area contributed by atoms with E-state index in [0.29, 0.717) is 6.54 Å². The fourth-order valence-corrected chi connectivity index (χ4v) is 0.944. The van der Waals surface area contributed by atoms with E-state index in [9.17, 15) is 17.6 Å². The lowest BCUT2D eigenvalue weighted by molar-refractivity contribution is -0.0579. The quantitative estimate of drug-likeness (QED) is 0.789. The van der Waals surface area contributed by atoms with Crippen molar-refractivity contribution >= 4 is 5.95 Å².